The van der Waals surface area contributed by atoms with Crippen molar-refractivity contribution < 1.29 is 0 Å². The van der Waals surface area contributed by atoms with Gasteiger partial charge in [-0.3, -0.25) is 0 Å². The van der Waals surface area contributed by atoms with Crippen LogP contribution in [0.25, 0.3) is 0 Å². The second-order valence-electron chi connectivity index (χ2n) is 2.37. The van der Waals surface area contributed by atoms with Crippen LogP contribution in [0.5, 0.6) is 0 Å². The maximum Gasteiger partial charge on any atom is -0.0108 e. The Labute approximate surface area is 54.7 Å². The summed E-state index contributed by atoms with van der Waals surface area (Å²) in [5.41, 5.74) is 0. The molecule has 0 aromatic heterocycles. The van der Waals surface area contributed by atoms with E-state index in [2.05, 4.69) is 27.3 Å². The molecule has 0 fully saturated rings. The van der Waals surface area contributed by atoms with Crippen molar-refractivity contribution in [2.24, 2.45) is 5.92 Å². The summed E-state index contributed by atoms with van der Waals surface area (Å²) in [6.07, 6.45) is 1.30. The zero-order valence-corrected chi connectivity index (χ0v) is 7.52. The smallest absolute Gasteiger partial charge is 0.0108 e. The van der Waals surface area contributed by atoms with Crippen LogP contribution in [0.2, 0.25) is 6.55 Å². The fraction of sp³-hybridized carbons (Fsp3) is 0.857. The van der Waals surface area contributed by atoms with E-state index in [1.807, 2.05) is 0 Å². The average molecular weight is 128 g/mol. The summed E-state index contributed by atoms with van der Waals surface area (Å²) in [6, 6.07) is 0. The molecule has 0 aromatic carbocycles. The van der Waals surface area contributed by atoms with Crippen LogP contribution in [-0.4, -0.2) is 14.3 Å². The van der Waals surface area contributed by atoms with E-state index in [9.17, 15) is 0 Å². The molecule has 0 saturated carbocycles. The predicted octanol–water partition coefficient (Wildman–Crippen LogP) is 1.71. The summed E-state index contributed by atoms with van der Waals surface area (Å²) in [4.78, 5) is 0. The molecule has 0 spiro atoms. The molecule has 0 nitrogen and oxygen atoms in total. The number of hydrogen-bond acceptors (Lipinski definition) is 0. The van der Waals surface area contributed by atoms with E-state index in [0.717, 1.165) is 5.92 Å². The summed E-state index contributed by atoms with van der Waals surface area (Å²) in [5, 5.41) is 1.77. The Kier molecular flexibility index (Phi) is 4.06. The molecule has 48 valence electrons. The van der Waals surface area contributed by atoms with Crippen molar-refractivity contribution >= 4 is 14.3 Å². The molecule has 0 bridgehead atoms. The van der Waals surface area contributed by atoms with Gasteiger partial charge in [-0.2, -0.15) is 0 Å². The van der Waals surface area contributed by atoms with E-state index < -0.39 is 0 Å². The van der Waals surface area contributed by atoms with E-state index in [0.29, 0.717) is 9.13 Å². The van der Waals surface area contributed by atoms with Gasteiger partial charge in [-0.15, -0.1) is 0 Å². The fourth-order valence-electron chi connectivity index (χ4n) is 0.946. The van der Waals surface area contributed by atoms with Crippen LogP contribution in [0, 0.1) is 5.92 Å². The molecule has 1 heteroatoms. The molecule has 0 saturated heterocycles. The highest BCUT2D eigenvalue weighted by atomic mass is 28.2. The lowest BCUT2D eigenvalue weighted by molar-refractivity contribution is 0.876. The van der Waals surface area contributed by atoms with Crippen molar-refractivity contribution in [2.45, 2.75) is 33.7 Å². The Hall–Kier alpha value is 0.0869. The Morgan fingerprint density at radius 2 is 2.00 bits per heavy atom. The lowest BCUT2D eigenvalue weighted by atomic mass is 10.1. The standard InChI is InChI=1S/C7H16Si/c1-5-7(8-4)6(2)3/h6,8H,5H2,1-4H3. The third-order valence-corrected chi connectivity index (χ3v) is 3.34. The molecule has 0 amide bonds. The summed E-state index contributed by atoms with van der Waals surface area (Å²) in [5.74, 6) is 0.833. The number of rotatable bonds is 2. The molecule has 0 heterocycles. The van der Waals surface area contributed by atoms with E-state index in [4.69, 9.17) is 0 Å². The highest BCUT2D eigenvalue weighted by Gasteiger charge is 1.95. The molecule has 0 atom stereocenters. The van der Waals surface area contributed by atoms with Gasteiger partial charge in [0.2, 0.25) is 0 Å². The van der Waals surface area contributed by atoms with Crippen LogP contribution in [0.1, 0.15) is 27.2 Å². The van der Waals surface area contributed by atoms with Crippen LogP contribution in [-0.2, 0) is 0 Å². The largest absolute Gasteiger partial charge is 0.0906 e. The minimum absolute atomic E-state index is 0.622. The molecular formula is C7H16Si. The molecule has 0 unspecified atom stereocenters. The quantitative estimate of drug-likeness (QED) is 0.497. The van der Waals surface area contributed by atoms with Crippen LogP contribution in [0.3, 0.4) is 0 Å². The summed E-state index contributed by atoms with van der Waals surface area (Å²) >= 11 is 0. The highest BCUT2D eigenvalue weighted by Crippen LogP contribution is 1.96. The summed E-state index contributed by atoms with van der Waals surface area (Å²) in [7, 11) is 0.622. The first kappa shape index (κ1) is 8.09. The average Bonchev–Trinajstić information content (AvgIpc) is 1.69. The van der Waals surface area contributed by atoms with Gasteiger partial charge < -0.3 is 0 Å². The van der Waals surface area contributed by atoms with Gasteiger partial charge >= 0.3 is 0 Å². The Bertz CT molecular complexity index is 82.4. The number of hydrogen-bond donors (Lipinski definition) is 0. The molecule has 0 rings (SSSR count). The van der Waals surface area contributed by atoms with Gasteiger partial charge in [-0.05, 0) is 21.5 Å². The zero-order valence-electron chi connectivity index (χ0n) is 6.36. The van der Waals surface area contributed by atoms with E-state index in [-0.39, 0.29) is 0 Å². The molecule has 8 heavy (non-hydrogen) atoms. The van der Waals surface area contributed by atoms with Gasteiger partial charge in [0.15, 0.2) is 0 Å². The van der Waals surface area contributed by atoms with Gasteiger partial charge in [-0.25, -0.2) is 0 Å². The maximum absolute atomic E-state index is 2.32. The van der Waals surface area contributed by atoms with Crippen molar-refractivity contribution in [3.05, 3.63) is 0 Å². The van der Waals surface area contributed by atoms with Gasteiger partial charge in [0.25, 0.3) is 0 Å². The third kappa shape index (κ3) is 2.41. The van der Waals surface area contributed by atoms with Crippen molar-refractivity contribution in [1.82, 2.24) is 0 Å². The molecule has 0 N–H and O–H groups in total. The molecular weight excluding hydrogens is 112 g/mol. The normalized spacial score (nSPS) is 12.9. The van der Waals surface area contributed by atoms with Crippen molar-refractivity contribution in [1.29, 1.82) is 0 Å². The summed E-state index contributed by atoms with van der Waals surface area (Å²) < 4.78 is 0. The van der Waals surface area contributed by atoms with Crippen molar-refractivity contribution in [3.63, 3.8) is 0 Å². The SMILES string of the molecule is CCC(=[SiH]C)C(C)C. The summed E-state index contributed by atoms with van der Waals surface area (Å²) in [6.45, 7) is 9.15. The van der Waals surface area contributed by atoms with E-state index >= 15 is 0 Å². The first-order valence-corrected chi connectivity index (χ1v) is 5.10. The maximum atomic E-state index is 2.32. The minimum atomic E-state index is 0.622. The minimum Gasteiger partial charge on any atom is -0.0906 e. The van der Waals surface area contributed by atoms with E-state index in [1.54, 1.807) is 5.17 Å². The van der Waals surface area contributed by atoms with Crippen LogP contribution < -0.4 is 0 Å². The molecule has 0 aliphatic carbocycles. The zero-order chi connectivity index (χ0) is 6.57. The lowest BCUT2D eigenvalue weighted by Crippen LogP contribution is -2.08. The molecule has 0 radical (unpaired) electrons. The second-order valence-corrected chi connectivity index (χ2v) is 3.69. The van der Waals surface area contributed by atoms with Crippen LogP contribution >= 0.6 is 0 Å². The second kappa shape index (κ2) is 4.01. The molecule has 0 aliphatic rings. The Balaban J connectivity index is 3.72. The molecule has 0 aromatic rings. The van der Waals surface area contributed by atoms with Crippen molar-refractivity contribution in [3.8, 4) is 0 Å². The van der Waals surface area contributed by atoms with Crippen LogP contribution in [0.15, 0.2) is 0 Å². The third-order valence-electron chi connectivity index (χ3n) is 1.52. The Morgan fingerprint density at radius 1 is 1.50 bits per heavy atom. The van der Waals surface area contributed by atoms with Crippen LogP contribution in [0.4, 0.5) is 0 Å². The van der Waals surface area contributed by atoms with Gasteiger partial charge in [0, 0.05) is 0 Å². The molecule has 0 aliphatic heterocycles. The first-order valence-electron chi connectivity index (χ1n) is 3.37. The monoisotopic (exact) mass is 128 g/mol. The predicted molar refractivity (Wildman–Crippen MR) is 43.1 cm³/mol. The fourth-order valence-corrected chi connectivity index (χ4v) is 2.02. The van der Waals surface area contributed by atoms with Crippen molar-refractivity contribution in [2.75, 3.05) is 0 Å². The topological polar surface area (TPSA) is 0 Å². The van der Waals surface area contributed by atoms with Gasteiger partial charge in [0.1, 0.15) is 0 Å². The highest BCUT2D eigenvalue weighted by molar-refractivity contribution is 6.53. The van der Waals surface area contributed by atoms with Gasteiger partial charge in [-0.1, -0.05) is 32.5 Å². The first-order chi connectivity index (χ1) is 3.72. The lowest BCUT2D eigenvalue weighted by Gasteiger charge is -2.05. The Morgan fingerprint density at radius 3 is 2.00 bits per heavy atom. The van der Waals surface area contributed by atoms with E-state index in [1.165, 1.54) is 6.42 Å². The van der Waals surface area contributed by atoms with Gasteiger partial charge in [0.05, 0.1) is 0 Å².